The van der Waals surface area contributed by atoms with Gasteiger partial charge in [-0.15, -0.1) is 11.3 Å². The smallest absolute Gasteiger partial charge is 0.268 e. The number of methoxy groups -OCH3 is 1. The molecule has 1 saturated heterocycles. The molecule has 1 amide bonds. The Kier molecular flexibility index (Phi) is 4.62. The number of ether oxygens (including phenoxy) is 1. The fourth-order valence-electron chi connectivity index (χ4n) is 4.22. The molecule has 29 heavy (non-hydrogen) atoms. The van der Waals surface area contributed by atoms with E-state index in [0.29, 0.717) is 24.7 Å². The number of hydrogen-bond acceptors (Lipinski definition) is 6. The number of thiophene rings is 1. The normalized spacial score (nSPS) is 18.9. The molecule has 0 bridgehead atoms. The summed E-state index contributed by atoms with van der Waals surface area (Å²) < 4.78 is 10.9. The van der Waals surface area contributed by atoms with Crippen molar-refractivity contribution < 1.29 is 14.1 Å². The Hall–Kier alpha value is -2.67. The Morgan fingerprint density at radius 1 is 1.24 bits per heavy atom. The molecule has 1 atom stereocenters. The second-order valence-electron chi connectivity index (χ2n) is 7.78. The Bertz CT molecular complexity index is 1050. The molecule has 0 saturated carbocycles. The van der Waals surface area contributed by atoms with Gasteiger partial charge in [0.2, 0.25) is 5.91 Å². The molecule has 0 N–H and O–H groups in total. The summed E-state index contributed by atoms with van der Waals surface area (Å²) in [4.78, 5) is 21.7. The number of amides is 1. The molecule has 3 heterocycles. The number of aryl methyl sites for hydroxylation is 3. The minimum Gasteiger partial charge on any atom is -0.497 e. The van der Waals surface area contributed by atoms with Crippen molar-refractivity contribution in [3.05, 3.63) is 46.1 Å². The molecule has 1 unspecified atom stereocenters. The number of benzene rings is 1. The van der Waals surface area contributed by atoms with Gasteiger partial charge in [-0.2, -0.15) is 4.98 Å². The summed E-state index contributed by atoms with van der Waals surface area (Å²) >= 11 is 1.76. The first-order valence-corrected chi connectivity index (χ1v) is 10.8. The Morgan fingerprint density at radius 3 is 2.93 bits per heavy atom. The van der Waals surface area contributed by atoms with E-state index >= 15 is 0 Å². The zero-order valence-electron chi connectivity index (χ0n) is 16.6. The monoisotopic (exact) mass is 409 g/mol. The van der Waals surface area contributed by atoms with Gasteiger partial charge in [-0.3, -0.25) is 4.79 Å². The summed E-state index contributed by atoms with van der Waals surface area (Å²) in [5.74, 6) is 1.93. The maximum Gasteiger partial charge on any atom is 0.268 e. The molecule has 3 aromatic rings. The summed E-state index contributed by atoms with van der Waals surface area (Å²) in [5, 5.41) is 4.22. The quantitative estimate of drug-likeness (QED) is 0.634. The summed E-state index contributed by atoms with van der Waals surface area (Å²) in [6, 6.07) is 7.98. The van der Waals surface area contributed by atoms with E-state index in [9.17, 15) is 4.79 Å². The van der Waals surface area contributed by atoms with E-state index in [2.05, 4.69) is 16.2 Å². The van der Waals surface area contributed by atoms with Crippen LogP contribution in [0.1, 0.15) is 47.0 Å². The lowest BCUT2D eigenvalue weighted by atomic mass is 9.99. The second-order valence-corrected chi connectivity index (χ2v) is 8.92. The molecule has 5 rings (SSSR count). The molecular weight excluding hydrogens is 386 g/mol. The van der Waals surface area contributed by atoms with E-state index in [0.717, 1.165) is 34.7 Å². The van der Waals surface area contributed by atoms with E-state index in [1.54, 1.807) is 18.4 Å². The van der Waals surface area contributed by atoms with Crippen LogP contribution in [0, 0.1) is 6.92 Å². The molecule has 0 spiro atoms. The molecule has 1 aliphatic carbocycles. The minimum absolute atomic E-state index is 0.0693. The van der Waals surface area contributed by atoms with Crippen molar-refractivity contribution in [2.45, 2.75) is 44.9 Å². The molecule has 0 radical (unpaired) electrons. The van der Waals surface area contributed by atoms with Crippen LogP contribution in [0.3, 0.4) is 0 Å². The van der Waals surface area contributed by atoms with Crippen LogP contribution in [0.2, 0.25) is 0 Å². The fourth-order valence-corrected chi connectivity index (χ4v) is 5.39. The van der Waals surface area contributed by atoms with Gasteiger partial charge in [0.15, 0.2) is 5.82 Å². The van der Waals surface area contributed by atoms with Gasteiger partial charge < -0.3 is 14.2 Å². The van der Waals surface area contributed by atoms with E-state index in [1.165, 1.54) is 23.3 Å². The van der Waals surface area contributed by atoms with Gasteiger partial charge >= 0.3 is 0 Å². The Morgan fingerprint density at radius 2 is 2.10 bits per heavy atom. The summed E-state index contributed by atoms with van der Waals surface area (Å²) in [5.41, 5.74) is 3.34. The van der Waals surface area contributed by atoms with Gasteiger partial charge in [-0.25, -0.2) is 0 Å². The van der Waals surface area contributed by atoms with E-state index in [4.69, 9.17) is 9.26 Å². The predicted octanol–water partition coefficient (Wildman–Crippen LogP) is 4.51. The lowest BCUT2D eigenvalue weighted by Gasteiger charge is -2.19. The maximum atomic E-state index is 12.7. The van der Waals surface area contributed by atoms with Crippen molar-refractivity contribution in [2.75, 3.05) is 18.6 Å². The van der Waals surface area contributed by atoms with Crippen molar-refractivity contribution >= 4 is 22.9 Å². The van der Waals surface area contributed by atoms with Crippen LogP contribution in [-0.4, -0.2) is 29.7 Å². The number of carbonyl (C=O) groups is 1. The van der Waals surface area contributed by atoms with Crippen molar-refractivity contribution in [3.63, 3.8) is 0 Å². The molecule has 2 aromatic heterocycles. The Labute approximate surface area is 173 Å². The zero-order valence-corrected chi connectivity index (χ0v) is 17.4. The number of hydrogen-bond donors (Lipinski definition) is 0. The first kappa shape index (κ1) is 18.4. The molecule has 7 heteroatoms. The van der Waals surface area contributed by atoms with Gasteiger partial charge in [-0.1, -0.05) is 11.2 Å². The standard InChI is InChI=1S/C22H23N3O3S/c1-13-7-8-16(27-2)11-17(13)25-12-15(10-20(25)26)21-23-22(28-24-21)19-9-14-5-3-4-6-18(14)29-19/h7-9,11,15H,3-6,10,12H2,1-2H3. The lowest BCUT2D eigenvalue weighted by molar-refractivity contribution is -0.117. The Balaban J connectivity index is 1.38. The third-order valence-electron chi connectivity index (χ3n) is 5.85. The number of carbonyl (C=O) groups excluding carboxylic acids is 1. The van der Waals surface area contributed by atoms with Gasteiger partial charge in [0.25, 0.3) is 5.89 Å². The second kappa shape index (κ2) is 7.30. The maximum absolute atomic E-state index is 12.7. The molecule has 2 aliphatic rings. The third kappa shape index (κ3) is 3.33. The van der Waals surface area contributed by atoms with Crippen LogP contribution < -0.4 is 9.64 Å². The summed E-state index contributed by atoms with van der Waals surface area (Å²) in [6.45, 7) is 2.55. The van der Waals surface area contributed by atoms with Gasteiger partial charge in [0.05, 0.1) is 17.7 Å². The first-order chi connectivity index (χ1) is 14.1. The number of anilines is 1. The highest BCUT2D eigenvalue weighted by atomic mass is 32.1. The van der Waals surface area contributed by atoms with Crippen LogP contribution in [0.5, 0.6) is 5.75 Å². The fraction of sp³-hybridized carbons (Fsp3) is 0.409. The lowest BCUT2D eigenvalue weighted by Crippen LogP contribution is -2.25. The van der Waals surface area contributed by atoms with E-state index < -0.39 is 0 Å². The summed E-state index contributed by atoms with van der Waals surface area (Å²) in [6.07, 6.45) is 5.18. The highest BCUT2D eigenvalue weighted by Crippen LogP contribution is 2.37. The topological polar surface area (TPSA) is 68.5 Å². The van der Waals surface area contributed by atoms with Crippen molar-refractivity contribution in [3.8, 4) is 16.5 Å². The van der Waals surface area contributed by atoms with E-state index in [-0.39, 0.29) is 11.8 Å². The van der Waals surface area contributed by atoms with Crippen LogP contribution in [0.25, 0.3) is 10.8 Å². The SMILES string of the molecule is COc1ccc(C)c(N2CC(c3noc(-c4cc5c(s4)CCCC5)n3)CC2=O)c1. The van der Waals surface area contributed by atoms with Crippen LogP contribution in [-0.2, 0) is 17.6 Å². The van der Waals surface area contributed by atoms with Gasteiger partial charge in [0, 0.05) is 29.8 Å². The summed E-state index contributed by atoms with van der Waals surface area (Å²) in [7, 11) is 1.63. The van der Waals surface area contributed by atoms with Crippen molar-refractivity contribution in [1.29, 1.82) is 0 Å². The number of rotatable bonds is 4. The molecular formula is C22H23N3O3S. The number of fused-ring (bicyclic) bond motifs is 1. The van der Waals surface area contributed by atoms with E-state index in [1.807, 2.05) is 30.0 Å². The third-order valence-corrected chi connectivity index (χ3v) is 7.07. The van der Waals surface area contributed by atoms with Crippen LogP contribution >= 0.6 is 11.3 Å². The molecule has 1 aliphatic heterocycles. The van der Waals surface area contributed by atoms with Gasteiger partial charge in [0.1, 0.15) is 5.75 Å². The molecule has 6 nitrogen and oxygen atoms in total. The van der Waals surface area contributed by atoms with Crippen molar-refractivity contribution in [2.24, 2.45) is 0 Å². The highest BCUT2D eigenvalue weighted by Gasteiger charge is 2.35. The predicted molar refractivity (Wildman–Crippen MR) is 112 cm³/mol. The van der Waals surface area contributed by atoms with Gasteiger partial charge in [-0.05, 0) is 55.9 Å². The average Bonchev–Trinajstić information content (AvgIpc) is 3.45. The largest absolute Gasteiger partial charge is 0.497 e. The minimum atomic E-state index is -0.0693. The zero-order chi connectivity index (χ0) is 20.0. The molecule has 150 valence electrons. The first-order valence-electron chi connectivity index (χ1n) is 10.0. The number of aromatic nitrogens is 2. The highest BCUT2D eigenvalue weighted by molar-refractivity contribution is 7.15. The average molecular weight is 410 g/mol. The van der Waals surface area contributed by atoms with Crippen molar-refractivity contribution in [1.82, 2.24) is 10.1 Å². The molecule has 1 aromatic carbocycles. The number of nitrogens with zero attached hydrogens (tertiary/aromatic N) is 3. The molecule has 1 fully saturated rings. The van der Waals surface area contributed by atoms with Crippen LogP contribution in [0.15, 0.2) is 28.8 Å². The van der Waals surface area contributed by atoms with Crippen LogP contribution in [0.4, 0.5) is 5.69 Å².